The molecule has 0 aromatic carbocycles. The summed E-state index contributed by atoms with van der Waals surface area (Å²) in [5.41, 5.74) is 6.02. The third kappa shape index (κ3) is 18.6. The minimum atomic E-state index is -2.33. The van der Waals surface area contributed by atoms with Crippen molar-refractivity contribution in [1.82, 2.24) is 0 Å². The highest BCUT2D eigenvalue weighted by molar-refractivity contribution is 5.71. The number of hydrogen-bond acceptors (Lipinski definition) is 17. The first-order valence-corrected chi connectivity index (χ1v) is 22.3. The Morgan fingerprint density at radius 3 is 1.82 bits per heavy atom. The van der Waals surface area contributed by atoms with E-state index in [2.05, 4.69) is 0 Å². The van der Waals surface area contributed by atoms with Gasteiger partial charge >= 0.3 is 11.9 Å². The van der Waals surface area contributed by atoms with Gasteiger partial charge < -0.3 is 80.9 Å². The Kier molecular flexibility index (Phi) is 23.6. The minimum absolute atomic E-state index is 0.107. The molecule has 0 aromatic heterocycles. The van der Waals surface area contributed by atoms with Gasteiger partial charge in [0.25, 0.3) is 0 Å². The van der Waals surface area contributed by atoms with Crippen molar-refractivity contribution >= 4 is 11.9 Å². The number of allylic oxidation sites excluding steroid dienone is 12. The van der Waals surface area contributed by atoms with Crippen LogP contribution in [0.15, 0.2) is 85.1 Å². The number of rotatable bonds is 3. The van der Waals surface area contributed by atoms with Crippen LogP contribution in [-0.4, -0.2) is 166 Å². The molecule has 3 aliphatic heterocycles. The van der Waals surface area contributed by atoms with Crippen LogP contribution in [0.5, 0.6) is 0 Å². The van der Waals surface area contributed by atoms with Crippen molar-refractivity contribution in [2.24, 2.45) is 23.5 Å². The zero-order chi connectivity index (χ0) is 48.4. The van der Waals surface area contributed by atoms with Gasteiger partial charge in [0.15, 0.2) is 12.1 Å². The van der Waals surface area contributed by atoms with E-state index in [0.717, 1.165) is 0 Å². The monoisotopic (exact) mass is 923 g/mol. The maximum atomic E-state index is 12.6. The maximum Gasteiger partial charge on any atom is 0.311 e. The second-order valence-electron chi connectivity index (χ2n) is 17.6. The Hall–Kier alpha value is -3.44. The predicted molar refractivity (Wildman–Crippen MR) is 237 cm³/mol. The van der Waals surface area contributed by atoms with E-state index in [9.17, 15) is 65.8 Å². The van der Waals surface area contributed by atoms with E-state index in [1.165, 1.54) is 13.0 Å². The molecule has 0 amide bonds. The molecule has 0 saturated carbocycles. The van der Waals surface area contributed by atoms with Crippen molar-refractivity contribution in [3.05, 3.63) is 85.1 Å². The van der Waals surface area contributed by atoms with Crippen molar-refractivity contribution in [3.8, 4) is 0 Å². The van der Waals surface area contributed by atoms with Crippen molar-refractivity contribution in [3.63, 3.8) is 0 Å². The summed E-state index contributed by atoms with van der Waals surface area (Å²) in [4.78, 5) is 25.1. The van der Waals surface area contributed by atoms with Crippen LogP contribution >= 0.6 is 0 Å². The van der Waals surface area contributed by atoms with Crippen LogP contribution in [0.3, 0.4) is 0 Å². The molecule has 2 saturated heterocycles. The van der Waals surface area contributed by atoms with Gasteiger partial charge in [0, 0.05) is 37.5 Å². The molecule has 3 heterocycles. The molecule has 0 aromatic rings. The van der Waals surface area contributed by atoms with Crippen molar-refractivity contribution in [2.45, 2.75) is 177 Å². The molecule has 18 nitrogen and oxygen atoms in total. The van der Waals surface area contributed by atoms with Crippen LogP contribution in [0.4, 0.5) is 0 Å². The van der Waals surface area contributed by atoms with Gasteiger partial charge in [-0.25, -0.2) is 0 Å². The lowest BCUT2D eigenvalue weighted by Crippen LogP contribution is -2.61. The summed E-state index contributed by atoms with van der Waals surface area (Å²) < 4.78 is 23.1. The first-order chi connectivity index (χ1) is 30.6. The molecule has 368 valence electrons. The largest absolute Gasteiger partial charge is 0.481 e. The Morgan fingerprint density at radius 2 is 1.23 bits per heavy atom. The predicted octanol–water partition coefficient (Wildman–Crippen LogP) is 0.712. The number of carboxylic acid groups (broad SMARTS) is 1. The van der Waals surface area contributed by atoms with Gasteiger partial charge in [-0.15, -0.1) is 0 Å². The molecular weight excluding hydrogens is 851 g/mol. The minimum Gasteiger partial charge on any atom is -0.481 e. The third-order valence-electron chi connectivity index (χ3n) is 12.0. The summed E-state index contributed by atoms with van der Waals surface area (Å²) in [6, 6.07) is -1.15. The molecule has 0 spiro atoms. The van der Waals surface area contributed by atoms with E-state index in [-0.39, 0.29) is 31.6 Å². The number of fused-ring (bicyclic) bond motifs is 2. The van der Waals surface area contributed by atoms with Crippen LogP contribution in [-0.2, 0) is 28.5 Å². The molecule has 2 fully saturated rings. The van der Waals surface area contributed by atoms with Gasteiger partial charge in [-0.1, -0.05) is 98.9 Å². The Morgan fingerprint density at radius 1 is 0.662 bits per heavy atom. The SMILES string of the molecule is C[C@@H]1[C@H](O)[C@@H](C)/C=C/C=C/C=C/C=C/C=C/C=C/C=C[C@H](O[C@@H]2O[C@H](C)[C@@H](O)[C@H](N)[C@@H]2O)C[C@@H]2O[C@](O)(C[C@@H](O)C[C@@H](O)[C@H](O)CC[C@@H](O)C[C@@H](O)CC(=O)O[C@H]1C)C[C@H](O)[C@H]2C(=O)O. The number of aliphatic hydroxyl groups is 10. The molecular formula is C47H73NO17. The van der Waals surface area contributed by atoms with Gasteiger partial charge in [-0.3, -0.25) is 9.59 Å². The Labute approximate surface area is 381 Å². The van der Waals surface area contributed by atoms with Gasteiger partial charge in [0.1, 0.15) is 18.1 Å². The highest BCUT2D eigenvalue weighted by atomic mass is 16.7. The third-order valence-corrected chi connectivity index (χ3v) is 12.0. The lowest BCUT2D eigenvalue weighted by atomic mass is 9.82. The number of aliphatic carboxylic acids is 1. The number of esters is 1. The van der Waals surface area contributed by atoms with Crippen LogP contribution in [0.2, 0.25) is 0 Å². The van der Waals surface area contributed by atoms with E-state index >= 15 is 0 Å². The zero-order valence-corrected chi connectivity index (χ0v) is 37.6. The number of carbonyl (C=O) groups excluding carboxylic acids is 1. The number of cyclic esters (lactones) is 1. The van der Waals surface area contributed by atoms with Crippen molar-refractivity contribution in [1.29, 1.82) is 0 Å². The summed E-state index contributed by atoms with van der Waals surface area (Å²) in [6.45, 7) is 6.74. The summed E-state index contributed by atoms with van der Waals surface area (Å²) >= 11 is 0. The topological polar surface area (TPSA) is 320 Å². The van der Waals surface area contributed by atoms with Gasteiger partial charge in [-0.05, 0) is 33.1 Å². The van der Waals surface area contributed by atoms with Gasteiger partial charge in [0.2, 0.25) is 0 Å². The standard InChI is InChI=1S/C47H73NO17/c1-27-17-15-13-11-9-7-5-6-8-10-12-14-16-18-34(64-46-44(58)41(48)43(57)30(4)63-46)24-38-40(45(59)60)37(54)26-47(61,65-38)25-33(51)22-36(53)35(52)20-19-31(49)21-32(50)23-39(55)62-29(3)28(2)42(27)56/h5-18,27-38,40-44,46,49-54,56-58,61H,19-26,48H2,1-4H3,(H,59,60)/b6-5+,9-7+,10-8+,13-11+,14-12+,17-15+,18-16?/t27-,28-,29-,30+,31+,32+,33-,34-,35+,36+,37-,38-,40+,41-,42+,43+,44-,46-,47+/m0/s1. The molecule has 3 aliphatic rings. The number of carboxylic acids is 1. The fourth-order valence-electron chi connectivity index (χ4n) is 7.97. The van der Waals surface area contributed by atoms with E-state index in [1.54, 1.807) is 80.7 Å². The van der Waals surface area contributed by atoms with Crippen LogP contribution in [0.25, 0.3) is 0 Å². The molecule has 3 rings (SSSR count). The number of ether oxygens (including phenoxy) is 4. The summed E-state index contributed by atoms with van der Waals surface area (Å²) in [6.07, 6.45) is 3.46. The highest BCUT2D eigenvalue weighted by Gasteiger charge is 2.51. The highest BCUT2D eigenvalue weighted by Crippen LogP contribution is 2.38. The van der Waals surface area contributed by atoms with Gasteiger partial charge in [0.05, 0.1) is 79.6 Å². The van der Waals surface area contributed by atoms with Crippen LogP contribution in [0, 0.1) is 17.8 Å². The quantitative estimate of drug-likeness (QED) is 0.174. The number of carbonyl (C=O) groups is 2. The number of aliphatic hydroxyl groups excluding tert-OH is 9. The lowest BCUT2D eigenvalue weighted by Gasteiger charge is -2.45. The fraction of sp³-hybridized carbons (Fsp3) is 0.660. The normalized spacial score (nSPS) is 45.0. The number of nitrogens with two attached hydrogens (primary N) is 1. The summed E-state index contributed by atoms with van der Waals surface area (Å²) in [7, 11) is 0. The van der Waals surface area contributed by atoms with Crippen molar-refractivity contribution < 1.29 is 84.7 Å². The molecule has 0 aliphatic carbocycles. The van der Waals surface area contributed by atoms with E-state index in [1.807, 2.05) is 19.1 Å². The van der Waals surface area contributed by atoms with E-state index in [0.29, 0.717) is 0 Å². The molecule has 0 unspecified atom stereocenters. The fourth-order valence-corrected chi connectivity index (χ4v) is 7.97. The van der Waals surface area contributed by atoms with Gasteiger partial charge in [-0.2, -0.15) is 0 Å². The van der Waals surface area contributed by atoms with Crippen LogP contribution in [0.1, 0.15) is 79.1 Å². The average Bonchev–Trinajstić information content (AvgIpc) is 3.21. The summed E-state index contributed by atoms with van der Waals surface area (Å²) in [5.74, 6) is -6.83. The summed E-state index contributed by atoms with van der Waals surface area (Å²) in [5, 5.41) is 118. The second-order valence-corrected chi connectivity index (χ2v) is 17.6. The van der Waals surface area contributed by atoms with E-state index < -0.39 is 147 Å². The molecule has 13 N–H and O–H groups in total. The Bertz CT molecular complexity index is 1670. The Balaban J connectivity index is 1.86. The first-order valence-electron chi connectivity index (χ1n) is 22.3. The number of hydrogen-bond donors (Lipinski definition) is 12. The van der Waals surface area contributed by atoms with Crippen LogP contribution < -0.4 is 5.73 Å². The average molecular weight is 924 g/mol. The molecule has 0 radical (unpaired) electrons. The molecule has 2 bridgehead atoms. The first kappa shape index (κ1) is 55.9. The zero-order valence-electron chi connectivity index (χ0n) is 37.6. The maximum absolute atomic E-state index is 12.6. The molecule has 18 heteroatoms. The smallest absolute Gasteiger partial charge is 0.311 e. The lowest BCUT2D eigenvalue weighted by molar-refractivity contribution is -0.308. The second kappa shape index (κ2) is 27.4. The molecule has 65 heavy (non-hydrogen) atoms. The molecule has 19 atom stereocenters. The van der Waals surface area contributed by atoms with Crippen molar-refractivity contribution in [2.75, 3.05) is 0 Å². The van der Waals surface area contributed by atoms with E-state index in [4.69, 9.17) is 24.7 Å².